The van der Waals surface area contributed by atoms with Crippen LogP contribution in [0, 0.1) is 0 Å². The predicted octanol–water partition coefficient (Wildman–Crippen LogP) is 4.83. The Labute approximate surface area is 96.4 Å². The first-order valence-corrected chi connectivity index (χ1v) is 8.54. The molecular formula is C13H26Se. The third-order valence-electron chi connectivity index (χ3n) is 3.41. The molecular weight excluding hydrogens is 235 g/mol. The van der Waals surface area contributed by atoms with Crippen LogP contribution >= 0.6 is 0 Å². The molecule has 0 N–H and O–H groups in total. The first-order valence-electron chi connectivity index (χ1n) is 6.47. The molecule has 84 valence electrons. The average Bonchev–Trinajstić information content (AvgIpc) is 2.25. The van der Waals surface area contributed by atoms with Gasteiger partial charge in [-0.3, -0.25) is 0 Å². The SMILES string of the molecule is CCCCC1(CCCC)CCCC[Se]1. The number of rotatable bonds is 6. The van der Waals surface area contributed by atoms with Gasteiger partial charge in [0.1, 0.15) is 0 Å². The van der Waals surface area contributed by atoms with Gasteiger partial charge in [-0.2, -0.15) is 0 Å². The van der Waals surface area contributed by atoms with E-state index in [4.69, 9.17) is 0 Å². The molecule has 1 fully saturated rings. The maximum atomic E-state index is 2.34. The van der Waals surface area contributed by atoms with Crippen molar-refractivity contribution in [2.75, 3.05) is 0 Å². The molecule has 0 nitrogen and oxygen atoms in total. The monoisotopic (exact) mass is 262 g/mol. The molecule has 1 heteroatoms. The summed E-state index contributed by atoms with van der Waals surface area (Å²) in [6.45, 7) is 4.67. The number of hydrogen-bond acceptors (Lipinski definition) is 0. The first kappa shape index (κ1) is 12.6. The van der Waals surface area contributed by atoms with E-state index in [9.17, 15) is 0 Å². The molecule has 0 saturated carbocycles. The van der Waals surface area contributed by atoms with Gasteiger partial charge >= 0.3 is 96.2 Å². The Morgan fingerprint density at radius 3 is 2.07 bits per heavy atom. The second kappa shape index (κ2) is 6.90. The molecule has 1 rings (SSSR count). The van der Waals surface area contributed by atoms with Gasteiger partial charge in [-0.05, 0) is 0 Å². The molecule has 0 amide bonds. The van der Waals surface area contributed by atoms with Gasteiger partial charge < -0.3 is 0 Å². The summed E-state index contributed by atoms with van der Waals surface area (Å²) in [6, 6.07) is 0. The fourth-order valence-corrected chi connectivity index (χ4v) is 5.88. The van der Waals surface area contributed by atoms with Crippen molar-refractivity contribution < 1.29 is 0 Å². The summed E-state index contributed by atoms with van der Waals surface area (Å²) in [5, 5.41) is 1.57. The van der Waals surface area contributed by atoms with Crippen LogP contribution in [0.2, 0.25) is 9.63 Å². The zero-order chi connectivity index (χ0) is 10.3. The van der Waals surface area contributed by atoms with Crippen molar-refractivity contribution in [3.8, 4) is 0 Å². The van der Waals surface area contributed by atoms with E-state index in [1.54, 1.807) is 24.6 Å². The van der Waals surface area contributed by atoms with Gasteiger partial charge in [0.2, 0.25) is 0 Å². The van der Waals surface area contributed by atoms with E-state index in [1.165, 1.54) is 38.5 Å². The van der Waals surface area contributed by atoms with Crippen molar-refractivity contribution in [2.24, 2.45) is 0 Å². The summed E-state index contributed by atoms with van der Waals surface area (Å²) in [5.74, 6) is 0. The van der Waals surface area contributed by atoms with Crippen molar-refractivity contribution >= 4 is 15.0 Å². The van der Waals surface area contributed by atoms with Crippen molar-refractivity contribution in [1.82, 2.24) is 0 Å². The van der Waals surface area contributed by atoms with Crippen molar-refractivity contribution in [1.29, 1.82) is 0 Å². The van der Waals surface area contributed by atoms with Crippen LogP contribution in [-0.4, -0.2) is 15.0 Å². The second-order valence-corrected chi connectivity index (χ2v) is 7.97. The van der Waals surface area contributed by atoms with Crippen LogP contribution in [0.1, 0.15) is 71.6 Å². The molecule has 0 aromatic rings. The van der Waals surface area contributed by atoms with Crippen LogP contribution < -0.4 is 0 Å². The zero-order valence-electron chi connectivity index (χ0n) is 9.98. The molecule has 0 aromatic carbocycles. The molecule has 1 aliphatic heterocycles. The van der Waals surface area contributed by atoms with Gasteiger partial charge in [0, 0.05) is 0 Å². The summed E-state index contributed by atoms with van der Waals surface area (Å²) in [4.78, 5) is 0. The van der Waals surface area contributed by atoms with E-state index >= 15 is 0 Å². The molecule has 0 unspecified atom stereocenters. The molecule has 0 bridgehead atoms. The van der Waals surface area contributed by atoms with Crippen LogP contribution in [0.3, 0.4) is 0 Å². The maximum absolute atomic E-state index is 2.34. The van der Waals surface area contributed by atoms with Crippen LogP contribution in [0.5, 0.6) is 0 Å². The topological polar surface area (TPSA) is 0 Å². The predicted molar refractivity (Wildman–Crippen MR) is 66.2 cm³/mol. The summed E-state index contributed by atoms with van der Waals surface area (Å²) in [7, 11) is 0. The second-order valence-electron chi connectivity index (χ2n) is 4.70. The zero-order valence-corrected chi connectivity index (χ0v) is 11.7. The van der Waals surface area contributed by atoms with Crippen molar-refractivity contribution in [2.45, 2.75) is 81.3 Å². The minimum absolute atomic E-state index is 0.845. The standard InChI is InChI=1S/C13H26Se/c1-3-5-9-13(10-6-4-2)11-7-8-12-14-13/h3-12H2,1-2H3. The van der Waals surface area contributed by atoms with Crippen LogP contribution in [0.4, 0.5) is 0 Å². The Kier molecular flexibility index (Phi) is 6.21. The molecule has 1 aliphatic rings. The van der Waals surface area contributed by atoms with Crippen LogP contribution in [0.25, 0.3) is 0 Å². The van der Waals surface area contributed by atoms with Gasteiger partial charge in [0.15, 0.2) is 0 Å². The number of hydrogen-bond donors (Lipinski definition) is 0. The molecule has 1 heterocycles. The molecule has 0 spiro atoms. The van der Waals surface area contributed by atoms with Gasteiger partial charge in [0.25, 0.3) is 0 Å². The molecule has 1 saturated heterocycles. The third kappa shape index (κ3) is 3.95. The molecule has 14 heavy (non-hydrogen) atoms. The Morgan fingerprint density at radius 2 is 1.64 bits per heavy atom. The van der Waals surface area contributed by atoms with Gasteiger partial charge in [-0.25, -0.2) is 0 Å². The minimum atomic E-state index is 0.845. The van der Waals surface area contributed by atoms with Gasteiger partial charge in [-0.15, -0.1) is 0 Å². The first-order chi connectivity index (χ1) is 6.83. The fourth-order valence-electron chi connectivity index (χ4n) is 2.43. The van der Waals surface area contributed by atoms with Crippen LogP contribution in [0.15, 0.2) is 0 Å². The Morgan fingerprint density at radius 1 is 1.00 bits per heavy atom. The van der Waals surface area contributed by atoms with Crippen LogP contribution in [-0.2, 0) is 0 Å². The fraction of sp³-hybridized carbons (Fsp3) is 1.00. The van der Waals surface area contributed by atoms with E-state index in [-0.39, 0.29) is 0 Å². The summed E-state index contributed by atoms with van der Waals surface area (Å²) in [5.41, 5.74) is 0. The quantitative estimate of drug-likeness (QED) is 0.601. The van der Waals surface area contributed by atoms with Gasteiger partial charge in [0.05, 0.1) is 0 Å². The van der Waals surface area contributed by atoms with Crippen molar-refractivity contribution in [3.05, 3.63) is 0 Å². The van der Waals surface area contributed by atoms with Crippen molar-refractivity contribution in [3.63, 3.8) is 0 Å². The number of unbranched alkanes of at least 4 members (excludes halogenated alkanes) is 2. The Balaban J connectivity index is 2.39. The molecule has 0 atom stereocenters. The third-order valence-corrected chi connectivity index (χ3v) is 7.01. The molecule has 0 aromatic heterocycles. The van der Waals surface area contributed by atoms with Gasteiger partial charge in [-0.1, -0.05) is 0 Å². The molecule has 0 radical (unpaired) electrons. The normalized spacial score (nSPS) is 21.0. The van der Waals surface area contributed by atoms with E-state index in [2.05, 4.69) is 13.8 Å². The van der Waals surface area contributed by atoms with E-state index in [0.717, 1.165) is 19.3 Å². The average molecular weight is 261 g/mol. The summed E-state index contributed by atoms with van der Waals surface area (Å²) in [6.07, 6.45) is 13.4. The Hall–Kier alpha value is 0.519. The Bertz CT molecular complexity index is 126. The van der Waals surface area contributed by atoms with E-state index in [0.29, 0.717) is 0 Å². The van der Waals surface area contributed by atoms with E-state index < -0.39 is 0 Å². The van der Waals surface area contributed by atoms with E-state index in [1.807, 2.05) is 0 Å². The summed E-state index contributed by atoms with van der Waals surface area (Å²) < 4.78 is 0.845. The summed E-state index contributed by atoms with van der Waals surface area (Å²) >= 11 is 0.968. The molecule has 0 aliphatic carbocycles.